The van der Waals surface area contributed by atoms with Crippen LogP contribution in [0, 0.1) is 6.92 Å². The van der Waals surface area contributed by atoms with Crippen LogP contribution in [0.4, 0.5) is 35.9 Å². The molecule has 0 spiro atoms. The number of carboxylic acid groups (broad SMARTS) is 1. The van der Waals surface area contributed by atoms with E-state index in [9.17, 15) is 41.2 Å². The van der Waals surface area contributed by atoms with E-state index in [0.717, 1.165) is 39.2 Å². The number of alkyl halides is 3. The van der Waals surface area contributed by atoms with E-state index in [0.29, 0.717) is 99.3 Å². The summed E-state index contributed by atoms with van der Waals surface area (Å²) < 4.78 is 94.7. The topological polar surface area (TPSA) is 148 Å². The Morgan fingerprint density at radius 3 is 2.15 bits per heavy atom. The van der Waals surface area contributed by atoms with Crippen molar-refractivity contribution in [3.63, 3.8) is 0 Å². The number of aromatic carboxylic acids is 1. The van der Waals surface area contributed by atoms with Gasteiger partial charge >= 0.3 is 19.0 Å². The second-order valence-corrected chi connectivity index (χ2v) is 24.5. The smallest absolute Gasteiger partial charge is 0.478 e. The van der Waals surface area contributed by atoms with Gasteiger partial charge in [-0.1, -0.05) is 54.1 Å². The Hall–Kier alpha value is -5.46. The average Bonchev–Trinajstić information content (AvgIpc) is 3.95. The molecule has 5 aromatic carbocycles. The maximum Gasteiger partial charge on any atom is 0.501 e. The van der Waals surface area contributed by atoms with Crippen molar-refractivity contribution in [2.75, 3.05) is 84.5 Å². The zero-order chi connectivity index (χ0) is 52.4. The standard InChI is InChI=1S/C54H59ClF3N6O7PS2/c1-3-63-37(2)50(53(66)67)51(52(63)38-12-14-40(55)15-13-38)39-8-7-9-44(34-39)62-30-28-61(29-31-62)42-16-18-43(19-17-42)64-32-33-71-72(64,68)46-20-21-48(49(35-46)74(69,70)54(56,57)58)59-41(36-73-47-10-5-4-6-11-47)22-25-60-26-23-45(65)24-27-60/h4-21,34-35,41,45,59,65H,3,22-33,36H2,1-2H3,(H,66,67)/t41?,72-/m1/s1. The minimum absolute atomic E-state index is 0.0000452. The first-order chi connectivity index (χ1) is 35.4. The number of benzene rings is 5. The van der Waals surface area contributed by atoms with Crippen LogP contribution >= 0.6 is 30.9 Å². The molecule has 0 aliphatic carbocycles. The molecule has 0 saturated carbocycles. The van der Waals surface area contributed by atoms with Crippen molar-refractivity contribution in [3.8, 4) is 22.4 Å². The van der Waals surface area contributed by atoms with E-state index in [1.807, 2.05) is 97.3 Å². The van der Waals surface area contributed by atoms with E-state index in [2.05, 4.69) is 20.0 Å². The molecule has 392 valence electrons. The van der Waals surface area contributed by atoms with Crippen molar-refractivity contribution in [3.05, 3.63) is 138 Å². The summed E-state index contributed by atoms with van der Waals surface area (Å²) in [6.45, 7) is 9.12. The molecule has 4 heterocycles. The molecule has 3 N–H and O–H groups in total. The average molecular weight is 1090 g/mol. The third-order valence-electron chi connectivity index (χ3n) is 14.1. The Morgan fingerprint density at radius 1 is 0.838 bits per heavy atom. The number of carbonyl (C=O) groups is 1. The number of anilines is 4. The Kier molecular flexibility index (Phi) is 16.2. The molecule has 9 rings (SSSR count). The van der Waals surface area contributed by atoms with E-state index in [1.165, 1.54) is 28.6 Å². The Labute approximate surface area is 439 Å². The largest absolute Gasteiger partial charge is 0.501 e. The SMILES string of the molecule is CCn1c(C)c(C(=O)O)c(-c2cccc(N3CCN(c4ccc(N5CCO[P@]5(=O)c5ccc(NC(CCN6CCC(O)CC6)CSc6ccccc6)c(S(=O)(=O)C(F)(F)F)c5)cc4)CC3)c2)c1-c1ccc(Cl)cc1. The molecule has 0 bridgehead atoms. The van der Waals surface area contributed by atoms with Gasteiger partial charge in [0.05, 0.1) is 41.5 Å². The number of rotatable bonds is 17. The molecule has 3 aliphatic rings. The van der Waals surface area contributed by atoms with Crippen LogP contribution in [-0.2, 0) is 25.5 Å². The molecule has 0 radical (unpaired) electrons. The summed E-state index contributed by atoms with van der Waals surface area (Å²) >= 11 is 7.74. The molecule has 2 atom stereocenters. The number of piperazine rings is 1. The second-order valence-electron chi connectivity index (χ2n) is 18.7. The van der Waals surface area contributed by atoms with Gasteiger partial charge in [0, 0.05) is 102 Å². The van der Waals surface area contributed by atoms with Gasteiger partial charge in [0.25, 0.3) is 9.84 Å². The summed E-state index contributed by atoms with van der Waals surface area (Å²) in [6, 6.07) is 35.3. The molecule has 0 amide bonds. The molecule has 1 unspecified atom stereocenters. The van der Waals surface area contributed by atoms with Crippen LogP contribution in [0.1, 0.15) is 42.2 Å². The van der Waals surface area contributed by atoms with Crippen LogP contribution in [-0.4, -0.2) is 116 Å². The second kappa shape index (κ2) is 22.4. The van der Waals surface area contributed by atoms with Crippen LogP contribution in [0.3, 0.4) is 0 Å². The predicted molar refractivity (Wildman–Crippen MR) is 290 cm³/mol. The normalized spacial score (nSPS) is 18.5. The minimum Gasteiger partial charge on any atom is -0.478 e. The molecule has 6 aromatic rings. The molecule has 20 heteroatoms. The summed E-state index contributed by atoms with van der Waals surface area (Å²) in [4.78, 5) is 19.4. The number of hydrogen-bond acceptors (Lipinski definition) is 11. The fourth-order valence-electron chi connectivity index (χ4n) is 10.2. The van der Waals surface area contributed by atoms with Crippen molar-refractivity contribution in [1.29, 1.82) is 0 Å². The number of likely N-dealkylation sites (tertiary alicyclic amines) is 1. The van der Waals surface area contributed by atoms with Gasteiger partial charge in [-0.15, -0.1) is 11.8 Å². The quantitative estimate of drug-likeness (QED) is 0.0588. The fraction of sp³-hybridized carbons (Fsp3) is 0.352. The molecule has 1 aromatic heterocycles. The maximum atomic E-state index is 15.0. The number of aliphatic hydroxyl groups is 1. The number of hydrogen-bond donors (Lipinski definition) is 3. The minimum atomic E-state index is -5.94. The number of piperidine rings is 1. The molecule has 3 aliphatic heterocycles. The lowest BCUT2D eigenvalue weighted by atomic mass is 9.96. The summed E-state index contributed by atoms with van der Waals surface area (Å²) in [5.41, 5.74) is 0.498. The molecule has 3 fully saturated rings. The Bertz CT molecular complexity index is 3120. The number of thioether (sulfide) groups is 1. The Balaban J connectivity index is 0.919. The molecule has 3 saturated heterocycles. The van der Waals surface area contributed by atoms with E-state index in [4.69, 9.17) is 16.1 Å². The van der Waals surface area contributed by atoms with Crippen molar-refractivity contribution >= 4 is 74.7 Å². The first-order valence-corrected chi connectivity index (χ1v) is 29.1. The number of sulfone groups is 1. The van der Waals surface area contributed by atoms with Gasteiger partial charge in [0.2, 0.25) is 0 Å². The zero-order valence-corrected chi connectivity index (χ0v) is 44.3. The number of halogens is 4. The van der Waals surface area contributed by atoms with Crippen molar-refractivity contribution in [2.45, 2.75) is 67.1 Å². The summed E-state index contributed by atoms with van der Waals surface area (Å²) in [5.74, 6) is -0.583. The van der Waals surface area contributed by atoms with Gasteiger partial charge in [-0.2, -0.15) is 13.2 Å². The fourth-order valence-corrected chi connectivity index (χ4v) is 14.6. The molecular weight excluding hydrogens is 1030 g/mol. The van der Waals surface area contributed by atoms with E-state index in [1.54, 1.807) is 24.3 Å². The van der Waals surface area contributed by atoms with E-state index in [-0.39, 0.29) is 35.8 Å². The summed E-state index contributed by atoms with van der Waals surface area (Å²) in [7, 11) is -10.0. The maximum absolute atomic E-state index is 15.0. The van der Waals surface area contributed by atoms with Crippen molar-refractivity contribution < 1.29 is 45.7 Å². The lowest BCUT2D eigenvalue weighted by molar-refractivity contribution is -0.0435. The highest BCUT2D eigenvalue weighted by Gasteiger charge is 2.49. The number of nitrogens with zero attached hydrogens (tertiary/aromatic N) is 5. The van der Waals surface area contributed by atoms with Crippen molar-refractivity contribution in [1.82, 2.24) is 9.47 Å². The first-order valence-electron chi connectivity index (χ1n) is 24.7. The zero-order valence-electron chi connectivity index (χ0n) is 41.0. The third-order valence-corrected chi connectivity index (χ3v) is 19.6. The van der Waals surface area contributed by atoms with Gasteiger partial charge in [-0.05, 0) is 123 Å². The highest BCUT2D eigenvalue weighted by atomic mass is 35.5. The van der Waals surface area contributed by atoms with Crippen LogP contribution < -0.4 is 25.1 Å². The number of nitrogens with one attached hydrogen (secondary N) is 1. The predicted octanol–water partition coefficient (Wildman–Crippen LogP) is 10.9. The lowest BCUT2D eigenvalue weighted by Gasteiger charge is -2.37. The van der Waals surface area contributed by atoms with Crippen LogP contribution in [0.2, 0.25) is 5.02 Å². The number of carboxylic acids is 1. The Morgan fingerprint density at radius 2 is 1.50 bits per heavy atom. The van der Waals surface area contributed by atoms with Gasteiger partial charge in [-0.25, -0.2) is 13.2 Å². The number of aliphatic hydroxyl groups excluding tert-OH is 1. The van der Waals surface area contributed by atoms with Gasteiger partial charge in [-0.3, -0.25) is 9.24 Å². The van der Waals surface area contributed by atoms with Gasteiger partial charge in [0.15, 0.2) is 0 Å². The van der Waals surface area contributed by atoms with E-state index < -0.39 is 39.8 Å². The highest BCUT2D eigenvalue weighted by Crippen LogP contribution is 2.56. The first kappa shape index (κ1) is 53.4. The highest BCUT2D eigenvalue weighted by molar-refractivity contribution is 7.99. The summed E-state index contributed by atoms with van der Waals surface area (Å²) in [6.07, 6.45) is 1.35. The summed E-state index contributed by atoms with van der Waals surface area (Å²) in [5, 5.41) is 24.1. The van der Waals surface area contributed by atoms with Crippen LogP contribution in [0.15, 0.2) is 131 Å². The van der Waals surface area contributed by atoms with Gasteiger partial charge < -0.3 is 39.3 Å². The van der Waals surface area contributed by atoms with Crippen LogP contribution in [0.5, 0.6) is 0 Å². The van der Waals surface area contributed by atoms with Crippen LogP contribution in [0.25, 0.3) is 22.4 Å². The monoisotopic (exact) mass is 1090 g/mol. The molecule has 74 heavy (non-hydrogen) atoms. The third kappa shape index (κ3) is 11.2. The molecular formula is C54H59ClF3N6O7PS2. The number of aromatic nitrogens is 1. The van der Waals surface area contributed by atoms with Crippen molar-refractivity contribution in [2.24, 2.45) is 0 Å². The molecule has 13 nitrogen and oxygen atoms in total. The van der Waals surface area contributed by atoms with E-state index >= 15 is 0 Å². The van der Waals surface area contributed by atoms with Gasteiger partial charge in [0.1, 0.15) is 4.90 Å². The lowest BCUT2D eigenvalue weighted by Crippen LogP contribution is -2.46.